The van der Waals surface area contributed by atoms with Gasteiger partial charge < -0.3 is 26.1 Å². The Hall–Kier alpha value is -2.91. The molecular formula is C13H11ClN6O7S2. The molecule has 2 aliphatic heterocycles. The van der Waals surface area contributed by atoms with Crippen LogP contribution in [-0.2, 0) is 24.0 Å². The lowest BCUT2D eigenvalue weighted by Crippen LogP contribution is -2.71. The lowest BCUT2D eigenvalue weighted by molar-refractivity contribution is -0.150. The van der Waals surface area contributed by atoms with Crippen molar-refractivity contribution in [2.45, 2.75) is 11.4 Å². The Bertz CT molecular complexity index is 963. The van der Waals surface area contributed by atoms with Gasteiger partial charge in [0, 0.05) is 17.3 Å². The van der Waals surface area contributed by atoms with Crippen LogP contribution in [0.2, 0.25) is 0 Å². The molecule has 13 nitrogen and oxygen atoms in total. The highest BCUT2D eigenvalue weighted by Gasteiger charge is 2.54. The van der Waals surface area contributed by atoms with E-state index in [1.165, 1.54) is 11.8 Å². The van der Waals surface area contributed by atoms with Gasteiger partial charge in [-0.05, 0) is 0 Å². The number of fused-ring (bicyclic) bond motifs is 1. The largest absolute Gasteiger partial charge is 0.479 e. The molecule has 0 spiro atoms. The van der Waals surface area contributed by atoms with E-state index in [0.29, 0.717) is 0 Å². The number of anilines is 1. The number of carboxylic acid groups (broad SMARTS) is 2. The Kier molecular flexibility index (Phi) is 5.90. The molecule has 29 heavy (non-hydrogen) atoms. The van der Waals surface area contributed by atoms with Crippen molar-refractivity contribution in [2.24, 2.45) is 5.16 Å². The van der Waals surface area contributed by atoms with Crippen molar-refractivity contribution in [2.75, 3.05) is 18.1 Å². The second-order valence-electron chi connectivity index (χ2n) is 5.48. The van der Waals surface area contributed by atoms with E-state index >= 15 is 0 Å². The van der Waals surface area contributed by atoms with Crippen LogP contribution in [0.15, 0.2) is 15.9 Å². The van der Waals surface area contributed by atoms with Crippen molar-refractivity contribution in [3.8, 4) is 0 Å². The second-order valence-corrected chi connectivity index (χ2v) is 7.83. The van der Waals surface area contributed by atoms with Gasteiger partial charge in [-0.3, -0.25) is 14.5 Å². The van der Waals surface area contributed by atoms with E-state index in [4.69, 9.17) is 22.4 Å². The first kappa shape index (κ1) is 20.8. The number of oxime groups is 1. The molecular weight excluding hydrogens is 452 g/mol. The van der Waals surface area contributed by atoms with E-state index < -0.39 is 47.5 Å². The highest BCUT2D eigenvalue weighted by atomic mass is 35.5. The van der Waals surface area contributed by atoms with Gasteiger partial charge in [0.15, 0.2) is 5.13 Å². The number of aromatic nitrogens is 2. The summed E-state index contributed by atoms with van der Waals surface area (Å²) < 4.78 is 3.82. The number of nitrogens with zero attached hydrogens (tertiary/aromatic N) is 4. The summed E-state index contributed by atoms with van der Waals surface area (Å²) in [6, 6.07) is -1.06. The molecule has 1 saturated heterocycles. The fraction of sp³-hybridized carbons (Fsp3) is 0.308. The van der Waals surface area contributed by atoms with E-state index in [1.54, 1.807) is 0 Å². The number of amides is 2. The van der Waals surface area contributed by atoms with Gasteiger partial charge in [-0.25, -0.2) is 9.59 Å². The maximum Gasteiger partial charge on any atom is 0.353 e. The SMILES string of the molecule is Nc1nc(/C(=N/OCC(=O)O)C(=O)NC2C(=O)N3C(C(=O)O)=C(Cl)CS[C@H]23)ns1. The summed E-state index contributed by atoms with van der Waals surface area (Å²) >= 11 is 7.83. The van der Waals surface area contributed by atoms with Gasteiger partial charge in [0.2, 0.25) is 18.1 Å². The van der Waals surface area contributed by atoms with E-state index in [2.05, 4.69) is 24.7 Å². The standard InChI is InChI=1S/C13H11ClN6O7S2/c14-3-2-28-11-6(10(24)20(11)7(3)12(25)26)16-9(23)5(18-27-1-4(21)22)8-17-13(15)29-19-8/h6,11H,1-2H2,(H,16,23)(H,21,22)(H,25,26)(H2,15,17,19)/b18-5-/t6?,11-/m1/s1. The number of rotatable bonds is 7. The number of nitrogens with one attached hydrogen (secondary N) is 1. The zero-order valence-electron chi connectivity index (χ0n) is 14.1. The number of nitrogen functional groups attached to an aromatic ring is 1. The van der Waals surface area contributed by atoms with Gasteiger partial charge in [0.1, 0.15) is 17.1 Å². The van der Waals surface area contributed by atoms with Crippen LogP contribution in [-0.4, -0.2) is 77.7 Å². The van der Waals surface area contributed by atoms with Gasteiger partial charge in [-0.2, -0.15) is 9.36 Å². The molecule has 1 aromatic rings. The van der Waals surface area contributed by atoms with Crippen molar-refractivity contribution >= 4 is 69.5 Å². The number of carbonyl (C=O) groups excluding carboxylic acids is 2. The highest BCUT2D eigenvalue weighted by molar-refractivity contribution is 8.00. The Morgan fingerprint density at radius 3 is 2.72 bits per heavy atom. The summed E-state index contributed by atoms with van der Waals surface area (Å²) in [6.07, 6.45) is 0. The van der Waals surface area contributed by atoms with E-state index in [0.717, 1.165) is 16.4 Å². The van der Waals surface area contributed by atoms with Gasteiger partial charge >= 0.3 is 11.9 Å². The Morgan fingerprint density at radius 2 is 2.14 bits per heavy atom. The summed E-state index contributed by atoms with van der Waals surface area (Å²) in [5.41, 5.74) is 4.66. The fourth-order valence-corrected chi connectivity index (χ4v) is 4.44. The van der Waals surface area contributed by atoms with E-state index in [9.17, 15) is 24.3 Å². The number of hydrogen-bond acceptors (Lipinski definition) is 11. The minimum absolute atomic E-state index is 0.0170. The third-order valence-electron chi connectivity index (χ3n) is 3.62. The smallest absolute Gasteiger partial charge is 0.353 e. The monoisotopic (exact) mass is 462 g/mol. The van der Waals surface area contributed by atoms with Crippen molar-refractivity contribution < 1.29 is 34.2 Å². The molecule has 1 aromatic heterocycles. The summed E-state index contributed by atoms with van der Waals surface area (Å²) in [6.45, 7) is -0.823. The number of β-lactam (4-membered cyclic amide) rings is 1. The summed E-state index contributed by atoms with van der Waals surface area (Å²) in [7, 11) is 0. The van der Waals surface area contributed by atoms with Crippen LogP contribution in [0.5, 0.6) is 0 Å². The molecule has 154 valence electrons. The number of aliphatic carboxylic acids is 2. The minimum Gasteiger partial charge on any atom is -0.479 e. The van der Waals surface area contributed by atoms with Crippen LogP contribution in [0.1, 0.15) is 5.82 Å². The predicted molar refractivity (Wildman–Crippen MR) is 100.0 cm³/mol. The molecule has 16 heteroatoms. The second kappa shape index (κ2) is 8.22. The normalized spacial score (nSPS) is 21.3. The maximum absolute atomic E-state index is 12.6. The van der Waals surface area contributed by atoms with Crippen molar-refractivity contribution in [1.29, 1.82) is 0 Å². The molecule has 2 atom stereocenters. The molecule has 3 heterocycles. The first-order valence-corrected chi connectivity index (χ1v) is 9.79. The molecule has 2 aliphatic rings. The number of carboxylic acids is 2. The average Bonchev–Trinajstić information content (AvgIpc) is 3.08. The molecule has 0 bridgehead atoms. The third-order valence-corrected chi connectivity index (χ3v) is 5.92. The van der Waals surface area contributed by atoms with Gasteiger partial charge in [-0.1, -0.05) is 16.8 Å². The molecule has 0 radical (unpaired) electrons. The quantitative estimate of drug-likeness (QED) is 0.217. The average molecular weight is 463 g/mol. The van der Waals surface area contributed by atoms with E-state index in [1.807, 2.05) is 0 Å². The van der Waals surface area contributed by atoms with E-state index in [-0.39, 0.29) is 27.4 Å². The first-order chi connectivity index (χ1) is 13.7. The maximum atomic E-state index is 12.6. The molecule has 3 rings (SSSR count). The number of nitrogens with two attached hydrogens (primary N) is 1. The topological polar surface area (TPSA) is 197 Å². The number of carbonyl (C=O) groups is 4. The van der Waals surface area contributed by atoms with Gasteiger partial charge in [0.05, 0.1) is 5.03 Å². The Morgan fingerprint density at radius 1 is 1.41 bits per heavy atom. The number of thioether (sulfide) groups is 1. The molecule has 5 N–H and O–H groups in total. The molecule has 1 fully saturated rings. The van der Waals surface area contributed by atoms with Crippen molar-refractivity contribution in [1.82, 2.24) is 19.6 Å². The predicted octanol–water partition coefficient (Wildman–Crippen LogP) is -1.14. The zero-order chi connectivity index (χ0) is 21.3. The highest BCUT2D eigenvalue weighted by Crippen LogP contribution is 2.41. The van der Waals surface area contributed by atoms with Crippen LogP contribution in [0.25, 0.3) is 0 Å². The molecule has 0 aliphatic carbocycles. The number of hydrogen-bond donors (Lipinski definition) is 4. The fourth-order valence-electron chi connectivity index (χ4n) is 2.46. The minimum atomic E-state index is -1.36. The lowest BCUT2D eigenvalue weighted by Gasteiger charge is -2.48. The van der Waals surface area contributed by atoms with Crippen molar-refractivity contribution in [3.05, 3.63) is 16.6 Å². The molecule has 0 aromatic carbocycles. The molecule has 1 unspecified atom stereocenters. The van der Waals surface area contributed by atoms with Crippen LogP contribution < -0.4 is 11.1 Å². The zero-order valence-corrected chi connectivity index (χ0v) is 16.5. The van der Waals surface area contributed by atoms with Crippen LogP contribution in [0, 0.1) is 0 Å². The summed E-state index contributed by atoms with van der Waals surface area (Å²) in [5.74, 6) is -4.36. The summed E-state index contributed by atoms with van der Waals surface area (Å²) in [4.78, 5) is 56.3. The van der Waals surface area contributed by atoms with Crippen molar-refractivity contribution in [3.63, 3.8) is 0 Å². The van der Waals surface area contributed by atoms with Gasteiger partial charge in [-0.15, -0.1) is 11.8 Å². The third kappa shape index (κ3) is 4.10. The molecule has 2 amide bonds. The Labute approximate surface area is 174 Å². The lowest BCUT2D eigenvalue weighted by atomic mass is 10.0. The van der Waals surface area contributed by atoms with Crippen LogP contribution in [0.3, 0.4) is 0 Å². The van der Waals surface area contributed by atoms with Crippen LogP contribution >= 0.6 is 34.9 Å². The summed E-state index contributed by atoms with van der Waals surface area (Å²) in [5, 5.41) is 23.1. The van der Waals surface area contributed by atoms with Crippen LogP contribution in [0.4, 0.5) is 5.13 Å². The number of halogens is 1. The van der Waals surface area contributed by atoms with Gasteiger partial charge in [0.25, 0.3) is 11.8 Å². The first-order valence-electron chi connectivity index (χ1n) is 7.59. The Balaban J connectivity index is 1.78. The molecule has 0 saturated carbocycles.